The fraction of sp³-hybridized carbons (Fsp3) is 0.326. The van der Waals surface area contributed by atoms with Gasteiger partial charge in [0.2, 0.25) is 0 Å². The number of imidazole rings is 2. The van der Waals surface area contributed by atoms with Crippen LogP contribution in [-0.2, 0) is 68.8 Å². The zero-order valence-electron chi connectivity index (χ0n) is 35.9. The van der Waals surface area contributed by atoms with Crippen LogP contribution in [0, 0.1) is 13.8 Å². The SMILES string of the molecule is Cc1ccc(S(=O)(=O)OC[C@@H](O)CO)cc1.Cc1ccc(S(=O)(=O)OC[C@@H]2COC(CCc3ccc(Cl)cc3)(Cn3ccnc3)O2)cc1.O=C(CCc1ccc(Cl)cc1)Cn1ccnc1. The normalized spacial score (nSPS) is 16.5. The highest BCUT2D eigenvalue weighted by Crippen LogP contribution is 2.32. The minimum Gasteiger partial charge on any atom is -0.394 e. The number of ether oxygens (including phenoxy) is 2. The lowest BCUT2D eigenvalue weighted by Gasteiger charge is -2.28. The van der Waals surface area contributed by atoms with Crippen LogP contribution in [0.25, 0.3) is 0 Å². The first-order valence-electron chi connectivity index (χ1n) is 20.5. The van der Waals surface area contributed by atoms with Crippen molar-refractivity contribution in [2.24, 2.45) is 0 Å². The fourth-order valence-electron chi connectivity index (χ4n) is 6.17. The van der Waals surface area contributed by atoms with E-state index in [0.717, 1.165) is 33.7 Å². The maximum atomic E-state index is 12.5. The highest BCUT2D eigenvalue weighted by molar-refractivity contribution is 7.87. The molecule has 6 aromatic rings. The van der Waals surface area contributed by atoms with Gasteiger partial charge in [0.25, 0.3) is 20.2 Å². The Labute approximate surface area is 389 Å². The van der Waals surface area contributed by atoms with E-state index in [1.165, 1.54) is 24.3 Å². The first kappa shape index (κ1) is 51.2. The lowest BCUT2D eigenvalue weighted by atomic mass is 10.0. The van der Waals surface area contributed by atoms with Crippen LogP contribution in [0.5, 0.6) is 0 Å². The second kappa shape index (κ2) is 24.7. The molecule has 0 spiro atoms. The van der Waals surface area contributed by atoms with E-state index in [1.54, 1.807) is 60.1 Å². The van der Waals surface area contributed by atoms with Gasteiger partial charge < -0.3 is 28.8 Å². The summed E-state index contributed by atoms with van der Waals surface area (Å²) in [4.78, 5) is 19.8. The third-order valence-electron chi connectivity index (χ3n) is 9.78. The number of ketones is 1. The van der Waals surface area contributed by atoms with E-state index < -0.39 is 51.4 Å². The lowest BCUT2D eigenvalue weighted by molar-refractivity contribution is -0.184. The van der Waals surface area contributed by atoms with Gasteiger partial charge in [0.1, 0.15) is 12.2 Å². The molecule has 4 aromatic carbocycles. The maximum absolute atomic E-state index is 12.5. The summed E-state index contributed by atoms with van der Waals surface area (Å²) < 4.78 is 74.0. The molecule has 0 radical (unpaired) electrons. The molecule has 0 bridgehead atoms. The summed E-state index contributed by atoms with van der Waals surface area (Å²) in [5.41, 5.74) is 4.15. The van der Waals surface area contributed by atoms with E-state index in [2.05, 4.69) is 14.2 Å². The molecule has 0 amide bonds. The molecule has 1 unspecified atom stereocenters. The van der Waals surface area contributed by atoms with Crippen LogP contribution in [0.4, 0.5) is 0 Å². The number of carbonyl (C=O) groups excluding carboxylic acids is 1. The van der Waals surface area contributed by atoms with Gasteiger partial charge >= 0.3 is 0 Å². The molecule has 15 nitrogen and oxygen atoms in total. The Morgan fingerprint density at radius 2 is 1.28 bits per heavy atom. The molecule has 1 aliphatic rings. The quantitative estimate of drug-likeness (QED) is 0.0806. The second-order valence-electron chi connectivity index (χ2n) is 15.2. The minimum absolute atomic E-state index is 0.0308. The number of nitrogens with zero attached hydrogens (tertiary/aromatic N) is 4. The van der Waals surface area contributed by atoms with Crippen LogP contribution in [0.15, 0.2) is 144 Å². The van der Waals surface area contributed by atoms with E-state index in [0.29, 0.717) is 37.4 Å². The van der Waals surface area contributed by atoms with Gasteiger partial charge in [0, 0.05) is 47.7 Å². The van der Waals surface area contributed by atoms with Crippen molar-refractivity contribution in [2.45, 2.75) is 80.4 Å². The molecule has 0 aliphatic carbocycles. The number of carbonyl (C=O) groups is 1. The first-order valence-corrected chi connectivity index (χ1v) is 24.1. The number of benzene rings is 4. The Balaban J connectivity index is 0.000000203. The van der Waals surface area contributed by atoms with Crippen molar-refractivity contribution in [2.75, 3.05) is 26.4 Å². The van der Waals surface area contributed by atoms with Crippen LogP contribution < -0.4 is 0 Å². The van der Waals surface area contributed by atoms with Crippen LogP contribution in [0.2, 0.25) is 10.0 Å². The van der Waals surface area contributed by atoms with Crippen LogP contribution in [-0.4, -0.2) is 96.4 Å². The number of aliphatic hydroxyl groups excluding tert-OH is 2. The van der Waals surface area contributed by atoms with Crippen molar-refractivity contribution in [3.63, 3.8) is 0 Å². The zero-order chi connectivity index (χ0) is 46.9. The maximum Gasteiger partial charge on any atom is 0.297 e. The van der Waals surface area contributed by atoms with E-state index in [4.69, 9.17) is 47.1 Å². The van der Waals surface area contributed by atoms with Gasteiger partial charge in [-0.25, -0.2) is 9.97 Å². The summed E-state index contributed by atoms with van der Waals surface area (Å²) in [5.74, 6) is -0.708. The van der Waals surface area contributed by atoms with Gasteiger partial charge in [0.05, 0.1) is 62.0 Å². The predicted octanol–water partition coefficient (Wildman–Crippen LogP) is 6.79. The molecule has 348 valence electrons. The number of aryl methyl sites for hydroxylation is 4. The van der Waals surface area contributed by atoms with Crippen LogP contribution in [0.3, 0.4) is 0 Å². The largest absolute Gasteiger partial charge is 0.394 e. The number of aliphatic hydroxyl groups is 2. The Kier molecular flexibility index (Phi) is 19.4. The molecule has 2 aromatic heterocycles. The molecule has 1 aliphatic heterocycles. The number of rotatable bonds is 19. The van der Waals surface area contributed by atoms with Crippen molar-refractivity contribution in [3.8, 4) is 0 Å². The van der Waals surface area contributed by atoms with E-state index in [-0.39, 0.29) is 28.8 Å². The predicted molar refractivity (Wildman–Crippen MR) is 244 cm³/mol. The fourth-order valence-corrected chi connectivity index (χ4v) is 8.30. The summed E-state index contributed by atoms with van der Waals surface area (Å²) in [7, 11) is -7.73. The molecule has 7 rings (SSSR count). The summed E-state index contributed by atoms with van der Waals surface area (Å²) in [5, 5.41) is 18.9. The number of hydrogen-bond acceptors (Lipinski definition) is 13. The number of aromatic nitrogens is 4. The van der Waals surface area contributed by atoms with E-state index in [1.807, 2.05) is 73.1 Å². The van der Waals surface area contributed by atoms with E-state index in [9.17, 15) is 21.6 Å². The van der Waals surface area contributed by atoms with Crippen molar-refractivity contribution < 1.29 is 49.7 Å². The van der Waals surface area contributed by atoms with Gasteiger partial charge in [-0.3, -0.25) is 13.2 Å². The molecule has 19 heteroatoms. The second-order valence-corrected chi connectivity index (χ2v) is 19.3. The molecule has 1 fully saturated rings. The average Bonchev–Trinajstić information content (AvgIpc) is 4.10. The van der Waals surface area contributed by atoms with Gasteiger partial charge in [-0.05, 0) is 86.3 Å². The number of hydrogen-bond donors (Lipinski definition) is 2. The molecule has 0 saturated carbocycles. The van der Waals surface area contributed by atoms with Crippen molar-refractivity contribution in [1.29, 1.82) is 0 Å². The van der Waals surface area contributed by atoms with Gasteiger partial charge in [0.15, 0.2) is 11.6 Å². The zero-order valence-corrected chi connectivity index (χ0v) is 39.0. The molecule has 2 N–H and O–H groups in total. The highest BCUT2D eigenvalue weighted by atomic mass is 35.5. The highest BCUT2D eigenvalue weighted by Gasteiger charge is 2.42. The minimum atomic E-state index is -3.87. The van der Waals surface area contributed by atoms with Gasteiger partial charge in [-0.2, -0.15) is 16.8 Å². The lowest BCUT2D eigenvalue weighted by Crippen LogP contribution is -2.37. The molecule has 65 heavy (non-hydrogen) atoms. The van der Waals surface area contributed by atoms with Gasteiger partial charge in [-0.15, -0.1) is 0 Å². The Morgan fingerprint density at radius 3 is 1.78 bits per heavy atom. The monoisotopic (exact) mass is 970 g/mol. The van der Waals surface area contributed by atoms with Crippen molar-refractivity contribution >= 4 is 49.2 Å². The third-order valence-corrected chi connectivity index (χ3v) is 12.9. The topological polar surface area (TPSA) is 198 Å². The Hall–Kier alpha value is -4.79. The number of Topliss-reactive ketones (excluding diaryl/α,β-unsaturated/α-hetero) is 1. The van der Waals surface area contributed by atoms with Gasteiger partial charge in [-0.1, -0.05) is 82.9 Å². The van der Waals surface area contributed by atoms with Crippen molar-refractivity contribution in [3.05, 3.63) is 167 Å². The number of halogens is 2. The summed E-state index contributed by atoms with van der Waals surface area (Å²) in [6, 6.07) is 27.9. The summed E-state index contributed by atoms with van der Waals surface area (Å²) in [6.45, 7) is 3.69. The van der Waals surface area contributed by atoms with Crippen LogP contribution >= 0.6 is 23.2 Å². The molecular weight excluding hydrogens is 920 g/mol. The van der Waals surface area contributed by atoms with Crippen molar-refractivity contribution in [1.82, 2.24) is 19.1 Å². The third kappa shape index (κ3) is 17.2. The Morgan fingerprint density at radius 1 is 0.769 bits per heavy atom. The van der Waals surface area contributed by atoms with Crippen LogP contribution in [0.1, 0.15) is 35.1 Å². The average molecular weight is 972 g/mol. The Bertz CT molecular complexity index is 2570. The standard InChI is InChI=1S/C23H25ClN2O5S.C13H13ClN2O.C10H14O5S/c1-18-2-8-22(9-3-18)32(27,28)30-15-21-14-29-23(31-21,16-26-13-12-25-17-26)11-10-19-4-6-20(24)7-5-19;14-12-4-1-11(2-5-12)3-6-13(17)9-16-8-7-15-10-16;1-8-2-4-10(5-3-8)16(13,14)15-7-9(12)6-11/h2-9,12-13,17,21H,10-11,14-16H2,1H3;1-2,4-5,7-8,10H,3,6,9H2;2-5,9,11-12H,6-7H2,1H3/t21-,23?;;9-/m0.0/s1. The molecule has 3 atom stereocenters. The first-order chi connectivity index (χ1) is 31.0. The molecule has 1 saturated heterocycles. The summed E-state index contributed by atoms with van der Waals surface area (Å²) >= 11 is 11.8. The smallest absolute Gasteiger partial charge is 0.297 e. The molecule has 3 heterocycles. The van der Waals surface area contributed by atoms with E-state index >= 15 is 0 Å². The molecular formula is C46H52Cl2N4O11S2. The summed E-state index contributed by atoms with van der Waals surface area (Å²) in [6.07, 6.45) is 11.2.